The Bertz CT molecular complexity index is 2090. The second-order valence-corrected chi connectivity index (χ2v) is 13.0. The lowest BCUT2D eigenvalue weighted by Crippen LogP contribution is -2.33. The number of thioether (sulfide) groups is 1. The third kappa shape index (κ3) is 5.03. The highest BCUT2D eigenvalue weighted by Gasteiger charge is 2.57. The molecule has 2 aliphatic heterocycles. The molecule has 0 aliphatic carbocycles. The quantitative estimate of drug-likeness (QED) is 0.226. The number of anilines is 2. The zero-order valence-electron chi connectivity index (χ0n) is 24.6. The molecule has 0 spiro atoms. The molecule has 46 heavy (non-hydrogen) atoms. The van der Waals surface area contributed by atoms with Crippen LogP contribution in [-0.2, 0) is 20.9 Å². The number of hydrogen-bond acceptors (Lipinski definition) is 8. The van der Waals surface area contributed by atoms with Crippen molar-refractivity contribution in [1.29, 1.82) is 0 Å². The number of hydrogen-bond donors (Lipinski definition) is 1. The van der Waals surface area contributed by atoms with Crippen molar-refractivity contribution in [2.24, 2.45) is 5.92 Å². The van der Waals surface area contributed by atoms with E-state index in [4.69, 9.17) is 9.47 Å². The lowest BCUT2D eigenvalue weighted by atomic mass is 9.83. The molecule has 5 aromatic rings. The van der Waals surface area contributed by atoms with Crippen LogP contribution >= 0.6 is 23.1 Å². The Morgan fingerprint density at radius 1 is 0.870 bits per heavy atom. The number of amides is 3. The maximum atomic E-state index is 14.1. The van der Waals surface area contributed by atoms with E-state index in [0.29, 0.717) is 32.7 Å². The summed E-state index contributed by atoms with van der Waals surface area (Å²) in [6, 6.07) is 23.7. The van der Waals surface area contributed by atoms with Crippen molar-refractivity contribution in [2.45, 2.75) is 22.7 Å². The number of imide groups is 1. The van der Waals surface area contributed by atoms with Crippen LogP contribution in [0.4, 0.5) is 15.8 Å². The molecule has 2 aliphatic rings. The molecule has 0 bridgehead atoms. The molecule has 1 aromatic heterocycles. The molecule has 2 unspecified atom stereocenters. The van der Waals surface area contributed by atoms with Crippen LogP contribution in [0, 0.1) is 11.7 Å². The second-order valence-electron chi connectivity index (χ2n) is 10.9. The number of methoxy groups -OCH3 is 2. The van der Waals surface area contributed by atoms with Crippen molar-refractivity contribution in [3.8, 4) is 11.5 Å². The van der Waals surface area contributed by atoms with E-state index in [9.17, 15) is 23.6 Å². The predicted molar refractivity (Wildman–Crippen MR) is 175 cm³/mol. The van der Waals surface area contributed by atoms with Crippen LogP contribution in [0.3, 0.4) is 0 Å². The topological polar surface area (TPSA) is 107 Å². The van der Waals surface area contributed by atoms with Crippen molar-refractivity contribution in [3.63, 3.8) is 0 Å². The van der Waals surface area contributed by atoms with Crippen LogP contribution in [0.1, 0.15) is 16.4 Å². The molecule has 3 amide bonds. The SMILES string of the molecule is COc1ccc([C@H]2c3sc(=O)n(CC(=O)Nc4ccc5ccccc5c4)c3SC3C(=O)N(c4ccc(F)cc4)C(=O)C32)cc1OC. The lowest BCUT2D eigenvalue weighted by molar-refractivity contribution is -0.122. The summed E-state index contributed by atoms with van der Waals surface area (Å²) in [6.07, 6.45) is 0. The molecular formula is C34H26FN3O6S2. The fraction of sp³-hybridized carbons (Fsp3) is 0.176. The third-order valence-electron chi connectivity index (χ3n) is 8.24. The average molecular weight is 656 g/mol. The Balaban J connectivity index is 1.28. The molecular weight excluding hydrogens is 630 g/mol. The van der Waals surface area contributed by atoms with Crippen molar-refractivity contribution < 1.29 is 28.2 Å². The molecule has 1 N–H and O–H groups in total. The van der Waals surface area contributed by atoms with E-state index in [1.54, 1.807) is 24.3 Å². The number of nitrogens with one attached hydrogen (secondary N) is 1. The minimum absolute atomic E-state index is 0.257. The maximum absolute atomic E-state index is 14.1. The number of rotatable bonds is 7. The van der Waals surface area contributed by atoms with Crippen molar-refractivity contribution in [3.05, 3.63) is 111 Å². The summed E-state index contributed by atoms with van der Waals surface area (Å²) in [5.41, 5.74) is 1.49. The van der Waals surface area contributed by atoms with Crippen molar-refractivity contribution >= 4 is 63.0 Å². The van der Waals surface area contributed by atoms with Gasteiger partial charge in [-0.05, 0) is 64.9 Å². The minimum atomic E-state index is -0.896. The summed E-state index contributed by atoms with van der Waals surface area (Å²) in [5, 5.41) is 4.42. The first-order valence-electron chi connectivity index (χ1n) is 14.3. The van der Waals surface area contributed by atoms with Gasteiger partial charge in [0.15, 0.2) is 11.5 Å². The second kappa shape index (κ2) is 11.8. The number of fused-ring (bicyclic) bond motifs is 3. The molecule has 0 saturated carbocycles. The highest BCUT2D eigenvalue weighted by atomic mass is 32.2. The normalized spacial score (nSPS) is 18.8. The average Bonchev–Trinajstić information content (AvgIpc) is 3.50. The van der Waals surface area contributed by atoms with Crippen molar-refractivity contribution in [2.75, 3.05) is 24.4 Å². The zero-order chi connectivity index (χ0) is 32.1. The van der Waals surface area contributed by atoms with Crippen LogP contribution in [0.5, 0.6) is 11.5 Å². The fourth-order valence-electron chi connectivity index (χ4n) is 6.12. The molecule has 7 rings (SSSR count). The van der Waals surface area contributed by atoms with Gasteiger partial charge in [-0.15, -0.1) is 0 Å². The number of aromatic nitrogens is 1. The number of benzene rings is 4. The highest BCUT2D eigenvalue weighted by Crippen LogP contribution is 2.54. The molecule has 4 aromatic carbocycles. The van der Waals surface area contributed by atoms with Gasteiger partial charge in [0.05, 0.1) is 30.9 Å². The largest absolute Gasteiger partial charge is 0.493 e. The van der Waals surface area contributed by atoms with E-state index in [1.165, 1.54) is 43.1 Å². The Labute approximate surface area is 270 Å². The number of carbonyl (C=O) groups is 3. The van der Waals surface area contributed by atoms with Gasteiger partial charge in [0.25, 0.3) is 0 Å². The number of nitrogens with zero attached hydrogens (tertiary/aromatic N) is 2. The first kappa shape index (κ1) is 29.8. The van der Waals surface area contributed by atoms with Gasteiger partial charge >= 0.3 is 4.87 Å². The number of carbonyl (C=O) groups excluding carboxylic acids is 3. The van der Waals surface area contributed by atoms with E-state index >= 15 is 0 Å². The van der Waals surface area contributed by atoms with Gasteiger partial charge in [-0.25, -0.2) is 9.29 Å². The molecule has 1 fully saturated rings. The summed E-state index contributed by atoms with van der Waals surface area (Å²) < 4.78 is 26.0. The van der Waals surface area contributed by atoms with Crippen LogP contribution in [0.25, 0.3) is 10.8 Å². The van der Waals surface area contributed by atoms with E-state index in [0.717, 1.165) is 38.8 Å². The molecule has 12 heteroatoms. The molecule has 3 heterocycles. The van der Waals surface area contributed by atoms with Crippen LogP contribution in [0.15, 0.2) is 94.7 Å². The standard InChI is InChI=1S/C34H26FN3O6S2/c1-43-24-14-8-20(16-25(24)44-2)27-28-29(32(41)38(31(28)40)23-12-9-21(35)10-13-23)45-33-30(27)46-34(42)37(33)17-26(39)36-22-11-7-18-5-3-4-6-19(18)15-22/h3-16,27-29H,17H2,1-2H3,(H,36,39)/t27-,28?,29?/m1/s1. The Hall–Kier alpha value is -4.94. The summed E-state index contributed by atoms with van der Waals surface area (Å²) in [6.45, 7) is -0.287. The van der Waals surface area contributed by atoms with Gasteiger partial charge in [-0.2, -0.15) is 0 Å². The van der Waals surface area contributed by atoms with Gasteiger partial charge < -0.3 is 14.8 Å². The van der Waals surface area contributed by atoms with Crippen molar-refractivity contribution in [1.82, 2.24) is 4.57 Å². The summed E-state index contributed by atoms with van der Waals surface area (Å²) in [5.74, 6) is -2.52. The van der Waals surface area contributed by atoms with Crippen LogP contribution < -0.4 is 24.6 Å². The van der Waals surface area contributed by atoms with E-state index in [2.05, 4.69) is 5.32 Å². The van der Waals surface area contributed by atoms with Gasteiger partial charge in [0.2, 0.25) is 17.7 Å². The minimum Gasteiger partial charge on any atom is -0.493 e. The molecule has 232 valence electrons. The molecule has 1 saturated heterocycles. The van der Waals surface area contributed by atoms with E-state index in [1.807, 2.05) is 36.4 Å². The van der Waals surface area contributed by atoms with Gasteiger partial charge in [-0.1, -0.05) is 59.5 Å². The van der Waals surface area contributed by atoms with E-state index in [-0.39, 0.29) is 17.1 Å². The maximum Gasteiger partial charge on any atom is 0.308 e. The summed E-state index contributed by atoms with van der Waals surface area (Å²) in [7, 11) is 3.01. The Kier molecular flexibility index (Phi) is 7.61. The summed E-state index contributed by atoms with van der Waals surface area (Å²) >= 11 is 2.05. The molecule has 0 radical (unpaired) electrons. The summed E-state index contributed by atoms with van der Waals surface area (Å²) in [4.78, 5) is 56.1. The zero-order valence-corrected chi connectivity index (χ0v) is 26.2. The van der Waals surface area contributed by atoms with Gasteiger partial charge in [0.1, 0.15) is 17.6 Å². The number of ether oxygens (including phenoxy) is 2. The number of thiazole rings is 1. The first-order chi connectivity index (χ1) is 22.3. The fourth-order valence-corrected chi connectivity index (χ4v) is 8.89. The Morgan fingerprint density at radius 2 is 1.61 bits per heavy atom. The molecule has 3 atom stereocenters. The first-order valence-corrected chi connectivity index (χ1v) is 16.0. The van der Waals surface area contributed by atoms with Gasteiger partial charge in [-0.3, -0.25) is 23.7 Å². The van der Waals surface area contributed by atoms with Gasteiger partial charge in [0, 0.05) is 16.5 Å². The van der Waals surface area contributed by atoms with Crippen LogP contribution in [-0.4, -0.2) is 41.8 Å². The predicted octanol–water partition coefficient (Wildman–Crippen LogP) is 5.65. The Morgan fingerprint density at radius 3 is 2.35 bits per heavy atom. The lowest BCUT2D eigenvalue weighted by Gasteiger charge is -2.31. The monoisotopic (exact) mass is 655 g/mol. The third-order valence-corrected chi connectivity index (χ3v) is 10.8. The van der Waals surface area contributed by atoms with Crippen LogP contribution in [0.2, 0.25) is 0 Å². The van der Waals surface area contributed by atoms with E-state index < -0.39 is 40.6 Å². The number of halogens is 1. The smallest absolute Gasteiger partial charge is 0.308 e. The highest BCUT2D eigenvalue weighted by molar-refractivity contribution is 8.00. The molecule has 9 nitrogen and oxygen atoms in total.